The molecule has 2 amide bonds. The van der Waals surface area contributed by atoms with Gasteiger partial charge in [0.15, 0.2) is 0 Å². The maximum absolute atomic E-state index is 13.8. The summed E-state index contributed by atoms with van der Waals surface area (Å²) in [5.41, 5.74) is 3.07. The number of halogens is 1. The topological polar surface area (TPSA) is 93.1 Å². The molecule has 3 aromatic carbocycles. The highest BCUT2D eigenvalue weighted by Gasteiger charge is 2.23. The van der Waals surface area contributed by atoms with Crippen molar-refractivity contribution in [2.45, 2.75) is 26.8 Å². The monoisotopic (exact) mass is 474 g/mol. The average molecular weight is 475 g/mol. The lowest BCUT2D eigenvalue weighted by Crippen LogP contribution is -2.33. The van der Waals surface area contributed by atoms with Gasteiger partial charge in [0, 0.05) is 12.5 Å². The molecule has 4 aromatic rings. The van der Waals surface area contributed by atoms with Gasteiger partial charge in [-0.25, -0.2) is 4.98 Å². The lowest BCUT2D eigenvalue weighted by Gasteiger charge is -2.20. The number of hydrogen-bond donors (Lipinski definition) is 2. The van der Waals surface area contributed by atoms with Gasteiger partial charge in [-0.05, 0) is 50.2 Å². The Morgan fingerprint density at radius 3 is 2.41 bits per heavy atom. The Hall–Kier alpha value is -3.97. The molecule has 0 spiro atoms. The van der Waals surface area contributed by atoms with Crippen LogP contribution in [-0.2, 0) is 9.59 Å². The molecule has 4 rings (SSSR count). The van der Waals surface area contributed by atoms with Crippen LogP contribution in [0.15, 0.2) is 71.5 Å². The molecule has 0 fully saturated rings. The zero-order valence-electron chi connectivity index (χ0n) is 18.9. The lowest BCUT2D eigenvalue weighted by molar-refractivity contribution is -0.118. The Labute approximate surface area is 201 Å². The number of para-hydroxylation sites is 3. The largest absolute Gasteiger partial charge is 0.326 e. The number of hydrogen-bond acceptors (Lipinski definition) is 4. The molecule has 0 aliphatic heterocycles. The van der Waals surface area contributed by atoms with Crippen molar-refractivity contribution >= 4 is 45.8 Å². The van der Waals surface area contributed by atoms with Crippen LogP contribution in [0.2, 0.25) is 5.02 Å². The third-order valence-electron chi connectivity index (χ3n) is 5.43. The summed E-state index contributed by atoms with van der Waals surface area (Å²) in [7, 11) is 0. The van der Waals surface area contributed by atoms with Crippen molar-refractivity contribution in [3.8, 4) is 11.3 Å². The second-order valence-electron chi connectivity index (χ2n) is 8.00. The number of aromatic nitrogens is 2. The number of nitrogens with one attached hydrogen (secondary N) is 2. The average Bonchev–Trinajstić information content (AvgIpc) is 2.80. The first kappa shape index (κ1) is 23.2. The molecule has 172 valence electrons. The quantitative estimate of drug-likeness (QED) is 0.416. The van der Waals surface area contributed by atoms with Gasteiger partial charge in [0.25, 0.3) is 5.56 Å². The van der Waals surface area contributed by atoms with Crippen LogP contribution in [0.25, 0.3) is 22.3 Å². The number of benzene rings is 3. The standard InChI is InChI=1S/C26H23ClN4O3/c1-15-12-13-20(28-17(3)32)18(14-15)24-26(34)31(23-11-7-6-10-22(23)29-24)16(2)25(33)30-21-9-5-4-8-19(21)27/h4-14,16H,1-3H3,(H,28,32)(H,30,33). The number of fused-ring (bicyclic) bond motifs is 1. The van der Waals surface area contributed by atoms with Crippen molar-refractivity contribution in [3.63, 3.8) is 0 Å². The van der Waals surface area contributed by atoms with E-state index in [-0.39, 0.29) is 11.6 Å². The molecule has 1 unspecified atom stereocenters. The van der Waals surface area contributed by atoms with Crippen molar-refractivity contribution in [1.82, 2.24) is 9.55 Å². The van der Waals surface area contributed by atoms with E-state index in [9.17, 15) is 14.4 Å². The number of rotatable bonds is 5. The number of nitrogens with zero attached hydrogens (tertiary/aromatic N) is 2. The molecule has 0 bridgehead atoms. The van der Waals surface area contributed by atoms with Crippen LogP contribution in [0.3, 0.4) is 0 Å². The predicted octanol–water partition coefficient (Wildman–Crippen LogP) is 5.18. The normalized spacial score (nSPS) is 11.8. The van der Waals surface area contributed by atoms with Gasteiger partial charge in [0.2, 0.25) is 11.8 Å². The highest BCUT2D eigenvalue weighted by atomic mass is 35.5. The zero-order valence-corrected chi connectivity index (χ0v) is 19.7. The minimum Gasteiger partial charge on any atom is -0.326 e. The minimum atomic E-state index is -0.871. The second kappa shape index (κ2) is 9.49. The Bertz CT molecular complexity index is 1480. The number of carbonyl (C=O) groups excluding carboxylic acids is 2. The Morgan fingerprint density at radius 2 is 1.68 bits per heavy atom. The van der Waals surface area contributed by atoms with Crippen LogP contribution >= 0.6 is 11.6 Å². The van der Waals surface area contributed by atoms with E-state index in [1.54, 1.807) is 61.5 Å². The van der Waals surface area contributed by atoms with Crippen LogP contribution in [-0.4, -0.2) is 21.4 Å². The maximum atomic E-state index is 13.8. The highest BCUT2D eigenvalue weighted by molar-refractivity contribution is 6.33. The third-order valence-corrected chi connectivity index (χ3v) is 5.76. The molecule has 0 saturated carbocycles. The summed E-state index contributed by atoms with van der Waals surface area (Å²) in [4.78, 5) is 43.3. The number of aryl methyl sites for hydroxylation is 1. The van der Waals surface area contributed by atoms with Crippen LogP contribution in [0.5, 0.6) is 0 Å². The number of carbonyl (C=O) groups is 2. The summed E-state index contributed by atoms with van der Waals surface area (Å²) in [6.45, 7) is 4.94. The predicted molar refractivity (Wildman–Crippen MR) is 135 cm³/mol. The molecular weight excluding hydrogens is 452 g/mol. The van der Waals surface area contributed by atoms with Gasteiger partial charge in [-0.3, -0.25) is 19.0 Å². The Kier molecular flexibility index (Phi) is 6.47. The van der Waals surface area contributed by atoms with Gasteiger partial charge in [-0.1, -0.05) is 47.5 Å². The van der Waals surface area contributed by atoms with Crippen molar-refractivity contribution < 1.29 is 9.59 Å². The third kappa shape index (κ3) is 4.56. The first-order valence-corrected chi connectivity index (χ1v) is 11.1. The van der Waals surface area contributed by atoms with E-state index in [4.69, 9.17) is 11.6 Å². The number of amides is 2. The summed E-state index contributed by atoms with van der Waals surface area (Å²) in [6, 6.07) is 18.5. The van der Waals surface area contributed by atoms with Gasteiger partial charge < -0.3 is 10.6 Å². The highest BCUT2D eigenvalue weighted by Crippen LogP contribution is 2.28. The van der Waals surface area contributed by atoms with Crippen LogP contribution < -0.4 is 16.2 Å². The van der Waals surface area contributed by atoms with Crippen molar-refractivity contribution in [2.24, 2.45) is 0 Å². The number of anilines is 2. The molecule has 1 atom stereocenters. The summed E-state index contributed by atoms with van der Waals surface area (Å²) in [6.07, 6.45) is 0. The molecule has 8 heteroatoms. The van der Waals surface area contributed by atoms with Gasteiger partial charge in [-0.2, -0.15) is 0 Å². The zero-order chi connectivity index (χ0) is 24.4. The van der Waals surface area contributed by atoms with E-state index in [0.717, 1.165) is 5.56 Å². The molecule has 7 nitrogen and oxygen atoms in total. The minimum absolute atomic E-state index is 0.142. The van der Waals surface area contributed by atoms with Crippen LogP contribution in [0, 0.1) is 6.92 Å². The molecule has 0 radical (unpaired) electrons. The molecule has 34 heavy (non-hydrogen) atoms. The molecule has 2 N–H and O–H groups in total. The SMILES string of the molecule is CC(=O)Nc1ccc(C)cc1-c1nc2ccccc2n(C(C)C(=O)Nc2ccccc2Cl)c1=O. The summed E-state index contributed by atoms with van der Waals surface area (Å²) < 4.78 is 1.42. The maximum Gasteiger partial charge on any atom is 0.278 e. The van der Waals surface area contributed by atoms with Gasteiger partial charge in [0.1, 0.15) is 11.7 Å². The first-order valence-electron chi connectivity index (χ1n) is 10.7. The Morgan fingerprint density at radius 1 is 0.971 bits per heavy atom. The van der Waals surface area contributed by atoms with E-state index in [1.807, 2.05) is 19.1 Å². The fourth-order valence-corrected chi connectivity index (χ4v) is 3.97. The smallest absolute Gasteiger partial charge is 0.278 e. The fourth-order valence-electron chi connectivity index (χ4n) is 3.78. The van der Waals surface area contributed by atoms with Gasteiger partial charge in [0.05, 0.1) is 27.4 Å². The second-order valence-corrected chi connectivity index (χ2v) is 8.41. The molecule has 0 saturated heterocycles. The molecule has 0 aliphatic carbocycles. The fraction of sp³-hybridized carbons (Fsp3) is 0.154. The van der Waals surface area contributed by atoms with Crippen molar-refractivity contribution in [3.05, 3.63) is 87.7 Å². The van der Waals surface area contributed by atoms with Crippen molar-refractivity contribution in [1.29, 1.82) is 0 Å². The van der Waals surface area contributed by atoms with E-state index >= 15 is 0 Å². The first-order chi connectivity index (χ1) is 16.3. The summed E-state index contributed by atoms with van der Waals surface area (Å²) >= 11 is 6.20. The van der Waals surface area contributed by atoms with Crippen LogP contribution in [0.1, 0.15) is 25.5 Å². The summed E-state index contributed by atoms with van der Waals surface area (Å²) in [5, 5.41) is 5.96. The lowest BCUT2D eigenvalue weighted by atomic mass is 10.1. The molecule has 0 aliphatic rings. The van der Waals surface area contributed by atoms with E-state index in [2.05, 4.69) is 15.6 Å². The molecule has 1 aromatic heterocycles. The van der Waals surface area contributed by atoms with E-state index < -0.39 is 17.5 Å². The molecule has 1 heterocycles. The van der Waals surface area contributed by atoms with E-state index in [0.29, 0.717) is 33.0 Å². The van der Waals surface area contributed by atoms with Gasteiger partial charge in [-0.15, -0.1) is 0 Å². The van der Waals surface area contributed by atoms with Crippen LogP contribution in [0.4, 0.5) is 11.4 Å². The van der Waals surface area contributed by atoms with Crippen molar-refractivity contribution in [2.75, 3.05) is 10.6 Å². The molecular formula is C26H23ClN4O3. The van der Waals surface area contributed by atoms with E-state index in [1.165, 1.54) is 11.5 Å². The Balaban J connectivity index is 1.89. The summed E-state index contributed by atoms with van der Waals surface area (Å²) in [5.74, 6) is -0.664. The van der Waals surface area contributed by atoms with Gasteiger partial charge >= 0.3 is 0 Å².